The summed E-state index contributed by atoms with van der Waals surface area (Å²) in [6, 6.07) is 11.6. The molecular formula is C14H9FN4S. The maximum absolute atomic E-state index is 13.8. The van der Waals surface area contributed by atoms with Crippen molar-refractivity contribution < 1.29 is 4.39 Å². The molecule has 0 fully saturated rings. The Hall–Kier alpha value is -2.65. The number of fused-ring (bicyclic) bond motifs is 1. The van der Waals surface area contributed by atoms with Crippen LogP contribution in [0.2, 0.25) is 0 Å². The molecule has 0 unspecified atom stereocenters. The Kier molecular flexibility index (Phi) is 2.97. The van der Waals surface area contributed by atoms with Crippen molar-refractivity contribution in [1.29, 1.82) is 5.26 Å². The predicted octanol–water partition coefficient (Wildman–Crippen LogP) is 3.63. The molecule has 2 aromatic carbocycles. The highest BCUT2D eigenvalue weighted by Gasteiger charge is 2.08. The van der Waals surface area contributed by atoms with Gasteiger partial charge in [-0.15, -0.1) is 0 Å². The summed E-state index contributed by atoms with van der Waals surface area (Å²) in [4.78, 5) is 4.35. The molecule has 0 aliphatic carbocycles. The second kappa shape index (κ2) is 4.79. The van der Waals surface area contributed by atoms with Crippen LogP contribution in [0, 0.1) is 17.1 Å². The van der Waals surface area contributed by atoms with E-state index in [9.17, 15) is 4.39 Å². The maximum atomic E-state index is 13.8. The first-order chi connectivity index (χ1) is 9.65. The summed E-state index contributed by atoms with van der Waals surface area (Å²) in [5, 5.41) is 12.2. The zero-order valence-corrected chi connectivity index (χ0v) is 11.0. The molecule has 0 saturated carbocycles. The average molecular weight is 284 g/mol. The van der Waals surface area contributed by atoms with E-state index in [-0.39, 0.29) is 11.3 Å². The lowest BCUT2D eigenvalue weighted by atomic mass is 10.2. The predicted molar refractivity (Wildman–Crippen MR) is 78.4 cm³/mol. The summed E-state index contributed by atoms with van der Waals surface area (Å²) in [6.07, 6.45) is 0. The first-order valence-corrected chi connectivity index (χ1v) is 6.60. The van der Waals surface area contributed by atoms with E-state index in [0.29, 0.717) is 10.8 Å². The number of nitrogens with two attached hydrogens (primary N) is 1. The summed E-state index contributed by atoms with van der Waals surface area (Å²) < 4.78 is 14.7. The van der Waals surface area contributed by atoms with E-state index in [4.69, 9.17) is 11.0 Å². The van der Waals surface area contributed by atoms with Crippen LogP contribution in [0.3, 0.4) is 0 Å². The molecule has 0 saturated heterocycles. The monoisotopic (exact) mass is 284 g/mol. The van der Waals surface area contributed by atoms with Crippen molar-refractivity contribution in [2.75, 3.05) is 11.1 Å². The Morgan fingerprint density at radius 1 is 1.25 bits per heavy atom. The number of rotatable bonds is 2. The lowest BCUT2D eigenvalue weighted by Gasteiger charge is -2.03. The van der Waals surface area contributed by atoms with Crippen LogP contribution < -0.4 is 11.1 Å². The van der Waals surface area contributed by atoms with Crippen molar-refractivity contribution in [3.63, 3.8) is 0 Å². The van der Waals surface area contributed by atoms with Crippen molar-refractivity contribution in [2.24, 2.45) is 0 Å². The van der Waals surface area contributed by atoms with Gasteiger partial charge in [0, 0.05) is 5.69 Å². The van der Waals surface area contributed by atoms with Crippen molar-refractivity contribution in [3.05, 3.63) is 47.8 Å². The fourth-order valence-corrected chi connectivity index (χ4v) is 2.72. The van der Waals surface area contributed by atoms with Crippen molar-refractivity contribution in [1.82, 2.24) is 4.98 Å². The molecule has 0 aliphatic rings. The molecule has 0 amide bonds. The van der Waals surface area contributed by atoms with Crippen molar-refractivity contribution >= 4 is 38.1 Å². The molecule has 0 spiro atoms. The minimum Gasteiger partial charge on any atom is -0.399 e. The number of anilines is 3. The first-order valence-electron chi connectivity index (χ1n) is 5.78. The van der Waals surface area contributed by atoms with E-state index in [0.717, 1.165) is 10.2 Å². The third kappa shape index (κ3) is 2.27. The normalized spacial score (nSPS) is 10.4. The van der Waals surface area contributed by atoms with Crippen LogP contribution >= 0.6 is 11.3 Å². The number of nitriles is 1. The van der Waals surface area contributed by atoms with Gasteiger partial charge in [-0.2, -0.15) is 5.26 Å². The molecular weight excluding hydrogens is 275 g/mol. The number of hydrogen-bond acceptors (Lipinski definition) is 5. The molecule has 3 N–H and O–H groups in total. The average Bonchev–Trinajstić information content (AvgIpc) is 2.82. The minimum atomic E-state index is -0.483. The second-order valence-corrected chi connectivity index (χ2v) is 5.21. The molecule has 0 bridgehead atoms. The van der Waals surface area contributed by atoms with Crippen LogP contribution in [0.1, 0.15) is 5.56 Å². The zero-order valence-electron chi connectivity index (χ0n) is 10.2. The van der Waals surface area contributed by atoms with Gasteiger partial charge < -0.3 is 11.1 Å². The van der Waals surface area contributed by atoms with Gasteiger partial charge in [-0.25, -0.2) is 9.37 Å². The minimum absolute atomic E-state index is 0.283. The molecule has 1 aromatic heterocycles. The number of nitrogen functional groups attached to an aromatic ring is 1. The molecule has 0 atom stereocenters. The molecule has 3 rings (SSSR count). The fraction of sp³-hybridized carbons (Fsp3) is 0. The lowest BCUT2D eigenvalue weighted by molar-refractivity contribution is 0.631. The van der Waals surface area contributed by atoms with Crippen molar-refractivity contribution in [2.45, 2.75) is 0 Å². The zero-order chi connectivity index (χ0) is 14.1. The molecule has 1 heterocycles. The van der Waals surface area contributed by atoms with Gasteiger partial charge in [0.2, 0.25) is 0 Å². The molecule has 3 aromatic rings. The SMILES string of the molecule is N#Cc1ccc(Nc2nc3ccc(N)cc3s2)c(F)c1. The molecule has 0 radical (unpaired) electrons. The van der Waals surface area contributed by atoms with E-state index >= 15 is 0 Å². The van der Waals surface area contributed by atoms with E-state index in [1.54, 1.807) is 12.1 Å². The van der Waals surface area contributed by atoms with Crippen LogP contribution in [0.25, 0.3) is 10.2 Å². The van der Waals surface area contributed by atoms with E-state index in [2.05, 4.69) is 10.3 Å². The highest BCUT2D eigenvalue weighted by atomic mass is 32.1. The number of nitrogens with one attached hydrogen (secondary N) is 1. The lowest BCUT2D eigenvalue weighted by Crippen LogP contribution is -1.93. The number of thiazole rings is 1. The van der Waals surface area contributed by atoms with Gasteiger partial charge in [-0.1, -0.05) is 11.3 Å². The Labute approximate surface area is 118 Å². The maximum Gasteiger partial charge on any atom is 0.188 e. The standard InChI is InChI=1S/C14H9FN4S/c15-10-5-8(7-16)1-3-11(10)18-14-19-12-4-2-9(17)6-13(12)20-14/h1-6H,17H2,(H,18,19). The third-order valence-corrected chi connectivity index (χ3v) is 3.69. The van der Waals surface area contributed by atoms with Crippen LogP contribution in [-0.2, 0) is 0 Å². The Morgan fingerprint density at radius 3 is 2.85 bits per heavy atom. The van der Waals surface area contributed by atoms with Crippen LogP contribution in [-0.4, -0.2) is 4.98 Å². The summed E-state index contributed by atoms with van der Waals surface area (Å²) in [5.41, 5.74) is 7.75. The molecule has 4 nitrogen and oxygen atoms in total. The number of nitrogens with zero attached hydrogens (tertiary/aromatic N) is 2. The molecule has 0 aliphatic heterocycles. The molecule has 6 heteroatoms. The smallest absolute Gasteiger partial charge is 0.188 e. The second-order valence-electron chi connectivity index (χ2n) is 4.18. The Morgan fingerprint density at radius 2 is 2.10 bits per heavy atom. The van der Waals surface area contributed by atoms with E-state index in [1.165, 1.54) is 23.5 Å². The van der Waals surface area contributed by atoms with Crippen LogP contribution in [0.5, 0.6) is 0 Å². The van der Waals surface area contributed by atoms with Crippen LogP contribution in [0.15, 0.2) is 36.4 Å². The van der Waals surface area contributed by atoms with Gasteiger partial charge in [0.05, 0.1) is 27.5 Å². The van der Waals surface area contributed by atoms with Crippen LogP contribution in [0.4, 0.5) is 20.9 Å². The Balaban J connectivity index is 1.95. The summed E-state index contributed by atoms with van der Waals surface area (Å²) in [5.74, 6) is -0.483. The molecule has 98 valence electrons. The summed E-state index contributed by atoms with van der Waals surface area (Å²) in [7, 11) is 0. The van der Waals surface area contributed by atoms with E-state index < -0.39 is 5.82 Å². The fourth-order valence-electron chi connectivity index (χ4n) is 1.80. The largest absolute Gasteiger partial charge is 0.399 e. The molecule has 20 heavy (non-hydrogen) atoms. The van der Waals surface area contributed by atoms with E-state index in [1.807, 2.05) is 18.2 Å². The van der Waals surface area contributed by atoms with Gasteiger partial charge in [-0.05, 0) is 36.4 Å². The quantitative estimate of drug-likeness (QED) is 0.705. The topological polar surface area (TPSA) is 74.7 Å². The van der Waals surface area contributed by atoms with Gasteiger partial charge in [0.25, 0.3) is 0 Å². The number of hydrogen-bond donors (Lipinski definition) is 2. The number of benzene rings is 2. The number of halogens is 1. The third-order valence-electron chi connectivity index (χ3n) is 2.75. The van der Waals surface area contributed by atoms with Crippen molar-refractivity contribution in [3.8, 4) is 6.07 Å². The number of aromatic nitrogens is 1. The summed E-state index contributed by atoms with van der Waals surface area (Å²) in [6.45, 7) is 0. The van der Waals surface area contributed by atoms with Gasteiger partial charge in [-0.3, -0.25) is 0 Å². The van der Waals surface area contributed by atoms with Gasteiger partial charge >= 0.3 is 0 Å². The van der Waals surface area contributed by atoms with Gasteiger partial charge in [0.15, 0.2) is 5.13 Å². The highest BCUT2D eigenvalue weighted by Crippen LogP contribution is 2.30. The Bertz CT molecular complexity index is 835. The van der Waals surface area contributed by atoms with Gasteiger partial charge in [0.1, 0.15) is 5.82 Å². The highest BCUT2D eigenvalue weighted by molar-refractivity contribution is 7.22. The first kappa shape index (κ1) is 12.4. The summed E-state index contributed by atoms with van der Waals surface area (Å²) >= 11 is 1.39.